The third-order valence-corrected chi connectivity index (χ3v) is 3.00. The zero-order valence-electron chi connectivity index (χ0n) is 9.02. The molecular formula is C12H7Cl2N3O. The van der Waals surface area contributed by atoms with E-state index in [1.54, 1.807) is 24.3 Å². The van der Waals surface area contributed by atoms with E-state index in [1.807, 2.05) is 0 Å². The molecule has 0 fully saturated rings. The van der Waals surface area contributed by atoms with Crippen LogP contribution < -0.4 is 5.73 Å². The molecule has 0 radical (unpaired) electrons. The van der Waals surface area contributed by atoms with Gasteiger partial charge < -0.3 is 10.2 Å². The molecule has 0 unspecified atom stereocenters. The number of anilines is 1. The maximum Gasteiger partial charge on any atom is 0.246 e. The van der Waals surface area contributed by atoms with Crippen molar-refractivity contribution >= 4 is 40.0 Å². The summed E-state index contributed by atoms with van der Waals surface area (Å²) in [7, 11) is 0. The number of aromatic nitrogens is 2. The summed E-state index contributed by atoms with van der Waals surface area (Å²) >= 11 is 11.7. The van der Waals surface area contributed by atoms with Gasteiger partial charge in [0.05, 0.1) is 15.7 Å². The zero-order valence-corrected chi connectivity index (χ0v) is 10.5. The van der Waals surface area contributed by atoms with Crippen LogP contribution >= 0.6 is 23.2 Å². The number of rotatable bonds is 1. The van der Waals surface area contributed by atoms with Crippen LogP contribution in [-0.4, -0.2) is 9.97 Å². The van der Waals surface area contributed by atoms with Gasteiger partial charge in [0, 0.05) is 12.3 Å². The van der Waals surface area contributed by atoms with Crippen molar-refractivity contribution < 1.29 is 4.42 Å². The lowest BCUT2D eigenvalue weighted by molar-refractivity contribution is 0.617. The number of hydrogen-bond acceptors (Lipinski definition) is 4. The molecule has 1 aromatic carbocycles. The van der Waals surface area contributed by atoms with Crippen LogP contribution in [-0.2, 0) is 0 Å². The second kappa shape index (κ2) is 4.15. The molecule has 0 saturated heterocycles. The highest BCUT2D eigenvalue weighted by atomic mass is 35.5. The average Bonchev–Trinajstić information content (AvgIpc) is 2.73. The van der Waals surface area contributed by atoms with Gasteiger partial charge in [0.25, 0.3) is 0 Å². The third-order valence-electron chi connectivity index (χ3n) is 2.45. The fourth-order valence-corrected chi connectivity index (χ4v) is 1.85. The molecule has 0 atom stereocenters. The van der Waals surface area contributed by atoms with Gasteiger partial charge in [-0.3, -0.25) is 0 Å². The maximum atomic E-state index is 5.92. The SMILES string of the molecule is Nc1cc2oc(-c3ccc(Cl)cn3)nc2cc1Cl. The Morgan fingerprint density at radius 2 is 2.00 bits per heavy atom. The Morgan fingerprint density at radius 3 is 2.72 bits per heavy atom. The Kier molecular flexibility index (Phi) is 2.61. The van der Waals surface area contributed by atoms with Crippen LogP contribution in [0.15, 0.2) is 34.9 Å². The van der Waals surface area contributed by atoms with E-state index >= 15 is 0 Å². The van der Waals surface area contributed by atoms with Crippen molar-refractivity contribution in [3.63, 3.8) is 0 Å². The number of oxazole rings is 1. The standard InChI is InChI=1S/C12H7Cl2N3O/c13-6-1-2-9(16-5-6)12-17-10-3-7(14)8(15)4-11(10)18-12/h1-5H,15H2. The summed E-state index contributed by atoms with van der Waals surface area (Å²) in [6.45, 7) is 0. The van der Waals surface area contributed by atoms with Gasteiger partial charge in [-0.2, -0.15) is 0 Å². The van der Waals surface area contributed by atoms with Crippen LogP contribution in [0.2, 0.25) is 10.0 Å². The lowest BCUT2D eigenvalue weighted by Gasteiger charge is -1.94. The summed E-state index contributed by atoms with van der Waals surface area (Å²) in [5.41, 5.74) is 7.97. The molecule has 0 aliphatic carbocycles. The Morgan fingerprint density at radius 1 is 1.17 bits per heavy atom. The molecule has 4 nitrogen and oxygen atoms in total. The number of nitrogen functional groups attached to an aromatic ring is 1. The number of pyridine rings is 1. The summed E-state index contributed by atoms with van der Waals surface area (Å²) in [6.07, 6.45) is 1.53. The van der Waals surface area contributed by atoms with Crippen molar-refractivity contribution in [3.05, 3.63) is 40.5 Å². The second-order valence-corrected chi connectivity index (χ2v) is 4.57. The van der Waals surface area contributed by atoms with Gasteiger partial charge in [-0.05, 0) is 18.2 Å². The van der Waals surface area contributed by atoms with Gasteiger partial charge in [-0.1, -0.05) is 23.2 Å². The van der Waals surface area contributed by atoms with Crippen molar-refractivity contribution in [2.24, 2.45) is 0 Å². The van der Waals surface area contributed by atoms with Crippen molar-refractivity contribution in [2.45, 2.75) is 0 Å². The highest BCUT2D eigenvalue weighted by Crippen LogP contribution is 2.29. The first kappa shape index (κ1) is 11.3. The van der Waals surface area contributed by atoms with Crippen molar-refractivity contribution in [1.29, 1.82) is 0 Å². The molecule has 0 spiro atoms. The van der Waals surface area contributed by atoms with Crippen LogP contribution in [0.4, 0.5) is 5.69 Å². The van der Waals surface area contributed by atoms with Crippen LogP contribution in [0, 0.1) is 0 Å². The Balaban J connectivity index is 2.16. The fourth-order valence-electron chi connectivity index (χ4n) is 1.58. The fraction of sp³-hybridized carbons (Fsp3) is 0. The normalized spacial score (nSPS) is 11.0. The molecule has 3 aromatic rings. The summed E-state index contributed by atoms with van der Waals surface area (Å²) in [5.74, 6) is 0.406. The highest BCUT2D eigenvalue weighted by Gasteiger charge is 2.11. The lowest BCUT2D eigenvalue weighted by atomic mass is 10.3. The summed E-state index contributed by atoms with van der Waals surface area (Å²) < 4.78 is 5.57. The summed E-state index contributed by atoms with van der Waals surface area (Å²) in [6, 6.07) is 6.76. The topological polar surface area (TPSA) is 64.9 Å². The molecule has 6 heteroatoms. The molecule has 2 N–H and O–H groups in total. The minimum absolute atomic E-state index is 0.406. The minimum atomic E-state index is 0.406. The monoisotopic (exact) mass is 279 g/mol. The van der Waals surface area contributed by atoms with E-state index < -0.39 is 0 Å². The predicted octanol–water partition coefficient (Wildman–Crippen LogP) is 3.78. The Hall–Kier alpha value is -1.78. The number of nitrogens with zero attached hydrogens (tertiary/aromatic N) is 2. The molecule has 18 heavy (non-hydrogen) atoms. The van der Waals surface area contributed by atoms with Crippen molar-refractivity contribution in [1.82, 2.24) is 9.97 Å². The van der Waals surface area contributed by atoms with Crippen LogP contribution in [0.5, 0.6) is 0 Å². The van der Waals surface area contributed by atoms with E-state index in [9.17, 15) is 0 Å². The molecule has 0 amide bonds. The summed E-state index contributed by atoms with van der Waals surface area (Å²) in [5, 5.41) is 1.01. The highest BCUT2D eigenvalue weighted by molar-refractivity contribution is 6.33. The van der Waals surface area contributed by atoms with Crippen molar-refractivity contribution in [3.8, 4) is 11.6 Å². The first-order valence-corrected chi connectivity index (χ1v) is 5.86. The van der Waals surface area contributed by atoms with E-state index in [4.69, 9.17) is 33.4 Å². The smallest absolute Gasteiger partial charge is 0.246 e. The molecule has 90 valence electrons. The number of hydrogen-bond donors (Lipinski definition) is 1. The average molecular weight is 280 g/mol. The number of halogens is 2. The van der Waals surface area contributed by atoms with Gasteiger partial charge in [-0.25, -0.2) is 9.97 Å². The third kappa shape index (κ3) is 1.89. The van der Waals surface area contributed by atoms with E-state index in [-0.39, 0.29) is 0 Å². The van der Waals surface area contributed by atoms with Gasteiger partial charge in [0.1, 0.15) is 11.2 Å². The zero-order chi connectivity index (χ0) is 12.7. The number of nitrogens with two attached hydrogens (primary N) is 1. The molecule has 3 rings (SSSR count). The molecular weight excluding hydrogens is 273 g/mol. The van der Waals surface area contributed by atoms with Gasteiger partial charge >= 0.3 is 0 Å². The largest absolute Gasteiger partial charge is 0.435 e. The number of fused-ring (bicyclic) bond motifs is 1. The molecule has 0 saturated carbocycles. The van der Waals surface area contributed by atoms with Gasteiger partial charge in [0.15, 0.2) is 5.58 Å². The minimum Gasteiger partial charge on any atom is -0.435 e. The maximum absolute atomic E-state index is 5.92. The van der Waals surface area contributed by atoms with E-state index in [1.165, 1.54) is 6.20 Å². The molecule has 0 bridgehead atoms. The predicted molar refractivity (Wildman–Crippen MR) is 71.7 cm³/mol. The Bertz CT molecular complexity index is 683. The molecule has 0 aliphatic heterocycles. The molecule has 0 aliphatic rings. The second-order valence-electron chi connectivity index (χ2n) is 3.72. The first-order chi connectivity index (χ1) is 8.63. The van der Waals surface area contributed by atoms with Crippen molar-refractivity contribution in [2.75, 3.05) is 5.73 Å². The van der Waals surface area contributed by atoms with Crippen LogP contribution in [0.1, 0.15) is 0 Å². The lowest BCUT2D eigenvalue weighted by Crippen LogP contribution is -1.84. The number of benzene rings is 1. The van der Waals surface area contributed by atoms with Crippen LogP contribution in [0.3, 0.4) is 0 Å². The summed E-state index contributed by atoms with van der Waals surface area (Å²) in [4.78, 5) is 8.44. The van der Waals surface area contributed by atoms with Gasteiger partial charge in [-0.15, -0.1) is 0 Å². The quantitative estimate of drug-likeness (QED) is 0.689. The van der Waals surface area contributed by atoms with Gasteiger partial charge in [0.2, 0.25) is 5.89 Å². The molecule has 2 heterocycles. The molecule has 2 aromatic heterocycles. The van der Waals surface area contributed by atoms with E-state index in [2.05, 4.69) is 9.97 Å². The van der Waals surface area contributed by atoms with E-state index in [0.29, 0.717) is 38.4 Å². The first-order valence-electron chi connectivity index (χ1n) is 5.11. The van der Waals surface area contributed by atoms with Crippen LogP contribution in [0.25, 0.3) is 22.7 Å². The Labute approximate surface area is 112 Å². The van der Waals surface area contributed by atoms with E-state index in [0.717, 1.165) is 0 Å².